The van der Waals surface area contributed by atoms with Gasteiger partial charge in [0.05, 0.1) is 12.4 Å². The van der Waals surface area contributed by atoms with Crippen LogP contribution in [0.25, 0.3) is 0 Å². The van der Waals surface area contributed by atoms with Crippen molar-refractivity contribution >= 4 is 18.5 Å². The van der Waals surface area contributed by atoms with Gasteiger partial charge in [-0.2, -0.15) is 12.6 Å². The number of amides is 1. The third-order valence-corrected chi connectivity index (χ3v) is 2.39. The lowest BCUT2D eigenvalue weighted by atomic mass is 10.2. The van der Waals surface area contributed by atoms with Gasteiger partial charge in [-0.25, -0.2) is 0 Å². The second-order valence-corrected chi connectivity index (χ2v) is 3.31. The zero-order valence-corrected chi connectivity index (χ0v) is 9.51. The summed E-state index contributed by atoms with van der Waals surface area (Å²) in [4.78, 5) is 13.2. The molecule has 0 aromatic heterocycles. The van der Waals surface area contributed by atoms with Crippen LogP contribution < -0.4 is 0 Å². The van der Waals surface area contributed by atoms with Crippen LogP contribution in [0.2, 0.25) is 0 Å². The summed E-state index contributed by atoms with van der Waals surface area (Å²) in [6.45, 7) is 5.35. The van der Waals surface area contributed by atoms with Gasteiger partial charge in [0.2, 0.25) is 5.91 Å². The van der Waals surface area contributed by atoms with Crippen molar-refractivity contribution in [2.24, 2.45) is 0 Å². The fraction of sp³-hybridized carbons (Fsp3) is 0.889. The minimum atomic E-state index is 0.0785. The van der Waals surface area contributed by atoms with Gasteiger partial charge < -0.3 is 9.64 Å². The van der Waals surface area contributed by atoms with Crippen LogP contribution >= 0.6 is 12.6 Å². The number of hydrogen-bond donors (Lipinski definition) is 1. The molecule has 0 spiro atoms. The maximum absolute atomic E-state index is 11.4. The first-order valence-corrected chi connectivity index (χ1v) is 5.19. The molecule has 1 amide bonds. The fourth-order valence-corrected chi connectivity index (χ4v) is 1.27. The molecule has 0 aliphatic heterocycles. The highest BCUT2D eigenvalue weighted by Crippen LogP contribution is 2.04. The lowest BCUT2D eigenvalue weighted by Crippen LogP contribution is -2.41. The predicted molar refractivity (Wildman–Crippen MR) is 57.2 cm³/mol. The monoisotopic (exact) mass is 205 g/mol. The highest BCUT2D eigenvalue weighted by molar-refractivity contribution is 7.81. The molecule has 0 fully saturated rings. The van der Waals surface area contributed by atoms with Gasteiger partial charge in [-0.05, 0) is 13.3 Å². The summed E-state index contributed by atoms with van der Waals surface area (Å²) in [6, 6.07) is 0.273. The summed E-state index contributed by atoms with van der Waals surface area (Å²) in [7, 11) is 1.64. The minimum Gasteiger partial charge on any atom is -0.383 e. The average molecular weight is 205 g/mol. The lowest BCUT2D eigenvalue weighted by Gasteiger charge is -2.27. The molecule has 0 saturated carbocycles. The van der Waals surface area contributed by atoms with Gasteiger partial charge in [0.15, 0.2) is 0 Å². The molecule has 0 aliphatic rings. The molecule has 1 unspecified atom stereocenters. The van der Waals surface area contributed by atoms with Gasteiger partial charge in [0.25, 0.3) is 0 Å². The van der Waals surface area contributed by atoms with Crippen molar-refractivity contribution in [3.05, 3.63) is 0 Å². The first-order chi connectivity index (χ1) is 6.17. The Bertz CT molecular complexity index is 153. The summed E-state index contributed by atoms with van der Waals surface area (Å²) < 4.78 is 4.94. The molecule has 0 aliphatic carbocycles. The summed E-state index contributed by atoms with van der Waals surface area (Å²) in [6.07, 6.45) is 0.962. The zero-order chi connectivity index (χ0) is 10.3. The molecule has 0 aromatic rings. The number of hydrogen-bond acceptors (Lipinski definition) is 3. The minimum absolute atomic E-state index is 0.0785. The van der Waals surface area contributed by atoms with Crippen molar-refractivity contribution < 1.29 is 9.53 Å². The maximum atomic E-state index is 11.4. The van der Waals surface area contributed by atoms with E-state index >= 15 is 0 Å². The summed E-state index contributed by atoms with van der Waals surface area (Å²) in [5.41, 5.74) is 0. The van der Waals surface area contributed by atoms with Gasteiger partial charge in [0.1, 0.15) is 0 Å². The summed E-state index contributed by atoms with van der Waals surface area (Å²) in [5, 5.41) is 0. The molecule has 0 radical (unpaired) electrons. The van der Waals surface area contributed by atoms with Crippen LogP contribution in [0.4, 0.5) is 0 Å². The molecule has 4 heteroatoms. The van der Waals surface area contributed by atoms with Gasteiger partial charge in [-0.15, -0.1) is 0 Å². The maximum Gasteiger partial charge on any atom is 0.232 e. The molecule has 0 N–H and O–H groups in total. The van der Waals surface area contributed by atoms with E-state index in [1.165, 1.54) is 0 Å². The molecular formula is C9H19NO2S. The highest BCUT2D eigenvalue weighted by atomic mass is 32.1. The lowest BCUT2D eigenvalue weighted by molar-refractivity contribution is -0.131. The Balaban J connectivity index is 4.09. The van der Waals surface area contributed by atoms with Crippen LogP contribution in [0.1, 0.15) is 20.3 Å². The van der Waals surface area contributed by atoms with Crippen molar-refractivity contribution in [1.29, 1.82) is 0 Å². The predicted octanol–water partition coefficient (Wildman–Crippen LogP) is 1.19. The van der Waals surface area contributed by atoms with Crippen molar-refractivity contribution in [1.82, 2.24) is 4.90 Å². The third kappa shape index (κ3) is 4.52. The number of ether oxygens (including phenoxy) is 1. The van der Waals surface area contributed by atoms with Crippen molar-refractivity contribution in [3.63, 3.8) is 0 Å². The Hall–Kier alpha value is -0.220. The quantitative estimate of drug-likeness (QED) is 0.660. The van der Waals surface area contributed by atoms with E-state index in [1.807, 2.05) is 11.8 Å². The van der Waals surface area contributed by atoms with Crippen LogP contribution in [-0.2, 0) is 9.53 Å². The second-order valence-electron chi connectivity index (χ2n) is 3.00. The number of thiol groups is 1. The van der Waals surface area contributed by atoms with E-state index in [0.717, 1.165) is 6.42 Å². The van der Waals surface area contributed by atoms with Crippen molar-refractivity contribution in [3.8, 4) is 0 Å². The van der Waals surface area contributed by atoms with E-state index in [2.05, 4.69) is 19.6 Å². The van der Waals surface area contributed by atoms with Crippen LogP contribution in [0, 0.1) is 0 Å². The average Bonchev–Trinajstić information content (AvgIpc) is 2.17. The molecule has 13 heavy (non-hydrogen) atoms. The van der Waals surface area contributed by atoms with Crippen LogP contribution in [0.5, 0.6) is 0 Å². The van der Waals surface area contributed by atoms with Crippen molar-refractivity contribution in [2.75, 3.05) is 26.0 Å². The van der Waals surface area contributed by atoms with Gasteiger partial charge in [-0.3, -0.25) is 4.79 Å². The van der Waals surface area contributed by atoms with E-state index in [0.29, 0.717) is 13.2 Å². The van der Waals surface area contributed by atoms with Crippen LogP contribution in [0.15, 0.2) is 0 Å². The Morgan fingerprint density at radius 1 is 1.62 bits per heavy atom. The SMILES string of the molecule is CCC(C)N(CCOC)C(=O)CS. The van der Waals surface area contributed by atoms with E-state index in [4.69, 9.17) is 4.74 Å². The number of nitrogens with zero attached hydrogens (tertiary/aromatic N) is 1. The fourth-order valence-electron chi connectivity index (χ4n) is 1.09. The first-order valence-electron chi connectivity index (χ1n) is 4.56. The largest absolute Gasteiger partial charge is 0.383 e. The normalized spacial score (nSPS) is 12.6. The van der Waals surface area contributed by atoms with Crippen LogP contribution in [-0.4, -0.2) is 42.9 Å². The standard InChI is InChI=1S/C9H19NO2S/c1-4-8(2)10(5-6-12-3)9(11)7-13/h8,13H,4-7H2,1-3H3. The van der Waals surface area contributed by atoms with Gasteiger partial charge in [-0.1, -0.05) is 6.92 Å². The second kappa shape index (κ2) is 7.21. The molecule has 0 saturated heterocycles. The Labute approximate surface area is 85.8 Å². The summed E-state index contributed by atoms with van der Waals surface area (Å²) >= 11 is 3.98. The molecule has 0 aromatic carbocycles. The molecule has 0 bridgehead atoms. The van der Waals surface area contributed by atoms with Crippen molar-refractivity contribution in [2.45, 2.75) is 26.3 Å². The third-order valence-electron chi connectivity index (χ3n) is 2.11. The Morgan fingerprint density at radius 3 is 2.62 bits per heavy atom. The number of rotatable bonds is 6. The molecule has 0 heterocycles. The van der Waals surface area contributed by atoms with Crippen LogP contribution in [0.3, 0.4) is 0 Å². The van der Waals surface area contributed by atoms with Gasteiger partial charge in [0, 0.05) is 19.7 Å². The molecule has 1 atom stereocenters. The molecule has 78 valence electrons. The van der Waals surface area contributed by atoms with E-state index in [1.54, 1.807) is 7.11 Å². The molecule has 3 nitrogen and oxygen atoms in total. The molecule has 0 rings (SSSR count). The number of carbonyl (C=O) groups excluding carboxylic acids is 1. The molecular weight excluding hydrogens is 186 g/mol. The Kier molecular flexibility index (Phi) is 7.09. The van der Waals surface area contributed by atoms with E-state index in [-0.39, 0.29) is 17.7 Å². The zero-order valence-electron chi connectivity index (χ0n) is 8.62. The highest BCUT2D eigenvalue weighted by Gasteiger charge is 2.16. The first kappa shape index (κ1) is 12.8. The Morgan fingerprint density at radius 2 is 2.23 bits per heavy atom. The van der Waals surface area contributed by atoms with E-state index < -0.39 is 0 Å². The summed E-state index contributed by atoms with van der Waals surface area (Å²) in [5.74, 6) is 0.350. The topological polar surface area (TPSA) is 29.5 Å². The van der Waals surface area contributed by atoms with E-state index in [9.17, 15) is 4.79 Å². The smallest absolute Gasteiger partial charge is 0.232 e. The number of methoxy groups -OCH3 is 1. The van der Waals surface area contributed by atoms with Gasteiger partial charge >= 0.3 is 0 Å². The number of carbonyl (C=O) groups is 1.